The normalized spacial score (nSPS) is 19.1. The number of ether oxygens (including phenoxy) is 2. The number of hydrogen-bond donors (Lipinski definition) is 1. The summed E-state index contributed by atoms with van der Waals surface area (Å²) in [6.45, 7) is 1.31. The van der Waals surface area contributed by atoms with Gasteiger partial charge in [0.05, 0.1) is 23.8 Å². The summed E-state index contributed by atoms with van der Waals surface area (Å²) in [4.78, 5) is 14.5. The highest BCUT2D eigenvalue weighted by Gasteiger charge is 2.38. The topological polar surface area (TPSA) is 59.0 Å². The fourth-order valence-corrected chi connectivity index (χ4v) is 3.86. The maximum absolute atomic E-state index is 12.9. The summed E-state index contributed by atoms with van der Waals surface area (Å²) in [6.07, 6.45) is -3.85. The number of aliphatic hydroxyl groups is 1. The van der Waals surface area contributed by atoms with Crippen molar-refractivity contribution in [3.05, 3.63) is 64.2 Å². The van der Waals surface area contributed by atoms with Crippen molar-refractivity contribution in [3.63, 3.8) is 0 Å². The number of likely N-dealkylation sites (tertiary alicyclic amines) is 1. The second-order valence-electron chi connectivity index (χ2n) is 7.85. The summed E-state index contributed by atoms with van der Waals surface area (Å²) in [5.41, 5.74) is -0.587. The lowest BCUT2D eigenvalue weighted by Gasteiger charge is -2.37. The standard InChI is InChI=1S/C22H21ClF3NO4/c23-18-6-5-16(22(24,25)26)11-19(18)31-17-7-9-27(10-8-17)20(28)14-1-3-15(4-2-14)21(29)12-30-13-21/h1-6,11,17,29H,7-10,12-13H2. The molecule has 0 bridgehead atoms. The number of nitrogens with zero attached hydrogens (tertiary/aromatic N) is 1. The molecule has 0 saturated carbocycles. The lowest BCUT2D eigenvalue weighted by molar-refractivity contribution is -0.184. The van der Waals surface area contributed by atoms with E-state index < -0.39 is 17.3 Å². The van der Waals surface area contributed by atoms with Gasteiger partial charge in [0.15, 0.2) is 0 Å². The van der Waals surface area contributed by atoms with Crippen molar-refractivity contribution in [1.29, 1.82) is 0 Å². The Kier molecular flexibility index (Phi) is 5.89. The third kappa shape index (κ3) is 4.66. The Morgan fingerprint density at radius 1 is 1.13 bits per heavy atom. The van der Waals surface area contributed by atoms with Gasteiger partial charge in [0.25, 0.3) is 5.91 Å². The van der Waals surface area contributed by atoms with Crippen molar-refractivity contribution >= 4 is 17.5 Å². The first-order valence-electron chi connectivity index (χ1n) is 9.89. The van der Waals surface area contributed by atoms with Gasteiger partial charge in [0.2, 0.25) is 0 Å². The highest BCUT2D eigenvalue weighted by Crippen LogP contribution is 2.36. The quantitative estimate of drug-likeness (QED) is 0.748. The number of alkyl halides is 3. The number of amides is 1. The summed E-state index contributed by atoms with van der Waals surface area (Å²) < 4.78 is 49.6. The van der Waals surface area contributed by atoms with E-state index in [4.69, 9.17) is 21.1 Å². The van der Waals surface area contributed by atoms with Crippen molar-refractivity contribution in [3.8, 4) is 5.75 Å². The number of hydrogen-bond acceptors (Lipinski definition) is 4. The molecule has 0 atom stereocenters. The summed E-state index contributed by atoms with van der Waals surface area (Å²) in [7, 11) is 0. The van der Waals surface area contributed by atoms with Gasteiger partial charge >= 0.3 is 6.18 Å². The summed E-state index contributed by atoms with van der Waals surface area (Å²) in [5.74, 6) is -0.145. The molecule has 5 nitrogen and oxygen atoms in total. The lowest BCUT2D eigenvalue weighted by Crippen LogP contribution is -2.46. The van der Waals surface area contributed by atoms with Crippen LogP contribution in [0.15, 0.2) is 42.5 Å². The number of benzene rings is 2. The van der Waals surface area contributed by atoms with Crippen molar-refractivity contribution in [2.45, 2.75) is 30.7 Å². The third-order valence-electron chi connectivity index (χ3n) is 5.63. The van der Waals surface area contributed by atoms with Gasteiger partial charge in [-0.15, -0.1) is 0 Å². The van der Waals surface area contributed by atoms with Gasteiger partial charge in [0.1, 0.15) is 17.5 Å². The number of carbonyl (C=O) groups is 1. The molecule has 2 aliphatic heterocycles. The van der Waals surface area contributed by atoms with Gasteiger partial charge in [-0.3, -0.25) is 4.79 Å². The second kappa shape index (κ2) is 8.33. The minimum atomic E-state index is -4.48. The summed E-state index contributed by atoms with van der Waals surface area (Å²) >= 11 is 6.00. The average Bonchev–Trinajstić information content (AvgIpc) is 2.73. The molecule has 2 aromatic rings. The molecule has 0 aromatic heterocycles. The molecule has 2 heterocycles. The predicted octanol–water partition coefficient (Wildman–Crippen LogP) is 4.26. The SMILES string of the molecule is O=C(c1ccc(C2(O)COC2)cc1)N1CCC(Oc2cc(C(F)(F)F)ccc2Cl)CC1. The van der Waals surface area contributed by atoms with Crippen molar-refractivity contribution in [1.82, 2.24) is 4.90 Å². The molecular weight excluding hydrogens is 435 g/mol. The zero-order valence-electron chi connectivity index (χ0n) is 16.5. The number of halogens is 4. The number of rotatable bonds is 4. The smallest absolute Gasteiger partial charge is 0.416 e. The molecule has 0 spiro atoms. The van der Waals surface area contributed by atoms with E-state index in [-0.39, 0.29) is 36.0 Å². The zero-order chi connectivity index (χ0) is 22.2. The number of piperidine rings is 1. The monoisotopic (exact) mass is 455 g/mol. The van der Waals surface area contributed by atoms with Gasteiger partial charge < -0.3 is 19.5 Å². The van der Waals surface area contributed by atoms with Crippen LogP contribution in [0.1, 0.15) is 34.3 Å². The van der Waals surface area contributed by atoms with Crippen LogP contribution in [0.3, 0.4) is 0 Å². The molecule has 2 aliphatic rings. The van der Waals surface area contributed by atoms with Crippen LogP contribution in [-0.2, 0) is 16.5 Å². The molecule has 9 heteroatoms. The fourth-order valence-electron chi connectivity index (χ4n) is 3.69. The first kappa shape index (κ1) is 21.9. The molecule has 0 aliphatic carbocycles. The van der Waals surface area contributed by atoms with Crippen LogP contribution in [0.25, 0.3) is 0 Å². The summed E-state index contributed by atoms with van der Waals surface area (Å²) in [5, 5.41) is 10.4. The van der Waals surface area contributed by atoms with Gasteiger partial charge in [-0.2, -0.15) is 13.2 Å². The van der Waals surface area contributed by atoms with Gasteiger partial charge in [-0.1, -0.05) is 23.7 Å². The molecule has 166 valence electrons. The Morgan fingerprint density at radius 2 is 1.77 bits per heavy atom. The van der Waals surface area contributed by atoms with E-state index in [1.165, 1.54) is 6.07 Å². The minimum Gasteiger partial charge on any atom is -0.489 e. The average molecular weight is 456 g/mol. The zero-order valence-corrected chi connectivity index (χ0v) is 17.2. The molecule has 2 saturated heterocycles. The molecule has 4 rings (SSSR count). The van der Waals surface area contributed by atoms with Crippen LogP contribution < -0.4 is 4.74 Å². The maximum Gasteiger partial charge on any atom is 0.416 e. The third-order valence-corrected chi connectivity index (χ3v) is 5.94. The van der Waals surface area contributed by atoms with E-state index in [2.05, 4.69) is 0 Å². The Bertz CT molecular complexity index is 952. The Balaban J connectivity index is 1.35. The predicted molar refractivity (Wildman–Crippen MR) is 107 cm³/mol. The van der Waals surface area contributed by atoms with E-state index in [0.29, 0.717) is 37.1 Å². The highest BCUT2D eigenvalue weighted by atomic mass is 35.5. The molecule has 2 aromatic carbocycles. The highest BCUT2D eigenvalue weighted by molar-refractivity contribution is 6.32. The van der Waals surface area contributed by atoms with Gasteiger partial charge in [0, 0.05) is 31.5 Å². The Hall–Kier alpha value is -2.29. The van der Waals surface area contributed by atoms with E-state index in [0.717, 1.165) is 12.1 Å². The van der Waals surface area contributed by atoms with Crippen LogP contribution >= 0.6 is 11.6 Å². The van der Waals surface area contributed by atoms with Crippen LogP contribution in [0.5, 0.6) is 5.75 Å². The Morgan fingerprint density at radius 3 is 2.32 bits per heavy atom. The molecule has 1 N–H and O–H groups in total. The van der Waals surface area contributed by atoms with Gasteiger partial charge in [-0.25, -0.2) is 0 Å². The molecule has 0 radical (unpaired) electrons. The first-order valence-corrected chi connectivity index (χ1v) is 10.3. The van der Waals surface area contributed by atoms with E-state index >= 15 is 0 Å². The summed E-state index contributed by atoms with van der Waals surface area (Å²) in [6, 6.07) is 9.80. The van der Waals surface area contributed by atoms with Crippen LogP contribution in [0.2, 0.25) is 5.02 Å². The van der Waals surface area contributed by atoms with E-state index in [1.807, 2.05) is 0 Å². The first-order chi connectivity index (χ1) is 14.7. The molecule has 2 fully saturated rings. The van der Waals surface area contributed by atoms with E-state index in [9.17, 15) is 23.1 Å². The van der Waals surface area contributed by atoms with Crippen LogP contribution in [0, 0.1) is 0 Å². The van der Waals surface area contributed by atoms with Crippen molar-refractivity contribution < 1.29 is 32.5 Å². The Labute approximate surface area is 182 Å². The second-order valence-corrected chi connectivity index (χ2v) is 8.26. The molecule has 0 unspecified atom stereocenters. The molecular formula is C22H21ClF3NO4. The largest absolute Gasteiger partial charge is 0.489 e. The molecule has 31 heavy (non-hydrogen) atoms. The minimum absolute atomic E-state index is 0.00485. The van der Waals surface area contributed by atoms with E-state index in [1.54, 1.807) is 29.2 Å². The number of carbonyl (C=O) groups excluding carboxylic acids is 1. The lowest BCUT2D eigenvalue weighted by atomic mass is 9.91. The fraction of sp³-hybridized carbons (Fsp3) is 0.409. The van der Waals surface area contributed by atoms with Crippen LogP contribution in [0.4, 0.5) is 13.2 Å². The molecule has 1 amide bonds. The van der Waals surface area contributed by atoms with Gasteiger partial charge in [-0.05, 0) is 35.9 Å². The van der Waals surface area contributed by atoms with Crippen LogP contribution in [-0.4, -0.2) is 48.3 Å². The van der Waals surface area contributed by atoms with Crippen molar-refractivity contribution in [2.24, 2.45) is 0 Å². The van der Waals surface area contributed by atoms with Crippen molar-refractivity contribution in [2.75, 3.05) is 26.3 Å². The maximum atomic E-state index is 12.9.